The molecule has 0 spiro atoms. The summed E-state index contributed by atoms with van der Waals surface area (Å²) in [5, 5.41) is 0.684. The molecular formula is C15H22ClNO. The van der Waals surface area contributed by atoms with Crippen LogP contribution in [0.2, 0.25) is 5.02 Å². The van der Waals surface area contributed by atoms with Gasteiger partial charge in [-0.15, -0.1) is 0 Å². The maximum absolute atomic E-state index is 6.21. The highest BCUT2D eigenvalue weighted by atomic mass is 35.5. The van der Waals surface area contributed by atoms with E-state index in [-0.39, 0.29) is 12.1 Å². The molecule has 1 aromatic rings. The van der Waals surface area contributed by atoms with E-state index in [4.69, 9.17) is 22.1 Å². The molecule has 2 N–H and O–H groups in total. The van der Waals surface area contributed by atoms with Crippen LogP contribution in [-0.4, -0.2) is 12.1 Å². The molecule has 2 atom stereocenters. The van der Waals surface area contributed by atoms with Crippen molar-refractivity contribution in [2.75, 3.05) is 0 Å². The van der Waals surface area contributed by atoms with E-state index in [9.17, 15) is 0 Å². The summed E-state index contributed by atoms with van der Waals surface area (Å²) in [5.74, 6) is 0.767. The SMILES string of the molecule is Cc1ccc(OC2CCCCCCC2N)c(Cl)c1. The average Bonchev–Trinajstić information content (AvgIpc) is 2.31. The Labute approximate surface area is 114 Å². The Balaban J connectivity index is 2.05. The molecule has 1 saturated carbocycles. The zero-order valence-electron chi connectivity index (χ0n) is 11.0. The van der Waals surface area contributed by atoms with Crippen LogP contribution in [0.1, 0.15) is 44.1 Å². The summed E-state index contributed by atoms with van der Waals surface area (Å²) in [7, 11) is 0. The predicted octanol–water partition coefficient (Wildman–Crippen LogP) is 4.08. The van der Waals surface area contributed by atoms with E-state index in [0.717, 1.165) is 24.2 Å². The summed E-state index contributed by atoms with van der Waals surface area (Å²) in [5.41, 5.74) is 7.36. The molecule has 1 aromatic carbocycles. The molecule has 0 radical (unpaired) electrons. The lowest BCUT2D eigenvalue weighted by molar-refractivity contribution is 0.145. The first-order valence-corrected chi connectivity index (χ1v) is 7.23. The van der Waals surface area contributed by atoms with Crippen molar-refractivity contribution in [2.45, 2.75) is 57.6 Å². The lowest BCUT2D eigenvalue weighted by Gasteiger charge is -2.27. The second-order valence-electron chi connectivity index (χ2n) is 5.25. The minimum Gasteiger partial charge on any atom is -0.487 e. The lowest BCUT2D eigenvalue weighted by atomic mass is 9.95. The number of aryl methyl sites for hydroxylation is 1. The largest absolute Gasteiger partial charge is 0.487 e. The highest BCUT2D eigenvalue weighted by Gasteiger charge is 2.21. The maximum Gasteiger partial charge on any atom is 0.138 e. The van der Waals surface area contributed by atoms with Gasteiger partial charge in [-0.05, 0) is 43.9 Å². The lowest BCUT2D eigenvalue weighted by Crippen LogP contribution is -2.39. The van der Waals surface area contributed by atoms with Gasteiger partial charge in [0.05, 0.1) is 5.02 Å². The van der Waals surface area contributed by atoms with Crippen molar-refractivity contribution in [3.63, 3.8) is 0 Å². The third kappa shape index (κ3) is 3.63. The van der Waals surface area contributed by atoms with Crippen molar-refractivity contribution >= 4 is 11.6 Å². The van der Waals surface area contributed by atoms with E-state index < -0.39 is 0 Å². The molecular weight excluding hydrogens is 246 g/mol. The zero-order valence-corrected chi connectivity index (χ0v) is 11.7. The standard InChI is InChI=1S/C15H22ClNO/c1-11-8-9-14(12(16)10-11)18-15-7-5-3-2-4-6-13(15)17/h8-10,13,15H,2-7,17H2,1H3. The van der Waals surface area contributed by atoms with Gasteiger partial charge >= 0.3 is 0 Å². The van der Waals surface area contributed by atoms with Gasteiger partial charge in [0.25, 0.3) is 0 Å². The molecule has 0 aromatic heterocycles. The summed E-state index contributed by atoms with van der Waals surface area (Å²) < 4.78 is 6.03. The summed E-state index contributed by atoms with van der Waals surface area (Å²) >= 11 is 6.20. The Morgan fingerprint density at radius 1 is 1.17 bits per heavy atom. The third-order valence-electron chi connectivity index (χ3n) is 3.62. The highest BCUT2D eigenvalue weighted by Crippen LogP contribution is 2.28. The van der Waals surface area contributed by atoms with Crippen LogP contribution in [0.5, 0.6) is 5.75 Å². The van der Waals surface area contributed by atoms with E-state index >= 15 is 0 Å². The van der Waals surface area contributed by atoms with Crippen LogP contribution in [0.25, 0.3) is 0 Å². The Morgan fingerprint density at radius 2 is 1.89 bits per heavy atom. The van der Waals surface area contributed by atoms with Gasteiger partial charge in [-0.1, -0.05) is 36.9 Å². The molecule has 0 aliphatic heterocycles. The monoisotopic (exact) mass is 267 g/mol. The highest BCUT2D eigenvalue weighted by molar-refractivity contribution is 6.32. The molecule has 100 valence electrons. The molecule has 2 nitrogen and oxygen atoms in total. The van der Waals surface area contributed by atoms with Gasteiger partial charge in [0.15, 0.2) is 0 Å². The van der Waals surface area contributed by atoms with Crippen molar-refractivity contribution in [1.82, 2.24) is 0 Å². The Morgan fingerprint density at radius 3 is 2.61 bits per heavy atom. The summed E-state index contributed by atoms with van der Waals surface area (Å²) in [6.07, 6.45) is 7.18. The molecule has 0 heterocycles. The van der Waals surface area contributed by atoms with E-state index in [1.807, 2.05) is 25.1 Å². The first kappa shape index (κ1) is 13.7. The molecule has 1 aliphatic carbocycles. The van der Waals surface area contributed by atoms with Crippen molar-refractivity contribution in [1.29, 1.82) is 0 Å². The molecule has 3 heteroatoms. The number of hydrogen-bond acceptors (Lipinski definition) is 2. The van der Waals surface area contributed by atoms with Crippen LogP contribution in [0.4, 0.5) is 0 Å². The number of hydrogen-bond donors (Lipinski definition) is 1. The van der Waals surface area contributed by atoms with Crippen LogP contribution in [0.15, 0.2) is 18.2 Å². The molecule has 0 bridgehead atoms. The fourth-order valence-electron chi connectivity index (χ4n) is 2.49. The normalized spacial score (nSPS) is 25.3. The third-order valence-corrected chi connectivity index (χ3v) is 3.91. The van der Waals surface area contributed by atoms with Crippen LogP contribution in [-0.2, 0) is 0 Å². The number of ether oxygens (including phenoxy) is 1. The average molecular weight is 268 g/mol. The van der Waals surface area contributed by atoms with Crippen molar-refractivity contribution in [2.24, 2.45) is 5.73 Å². The van der Waals surface area contributed by atoms with E-state index in [2.05, 4.69) is 0 Å². The van der Waals surface area contributed by atoms with Gasteiger partial charge in [0.1, 0.15) is 11.9 Å². The minimum atomic E-state index is 0.102. The number of rotatable bonds is 2. The number of halogens is 1. The van der Waals surface area contributed by atoms with Crippen molar-refractivity contribution in [3.8, 4) is 5.75 Å². The topological polar surface area (TPSA) is 35.2 Å². The molecule has 2 rings (SSSR count). The van der Waals surface area contributed by atoms with Crippen molar-refractivity contribution < 1.29 is 4.74 Å². The molecule has 18 heavy (non-hydrogen) atoms. The second-order valence-corrected chi connectivity index (χ2v) is 5.65. The quantitative estimate of drug-likeness (QED) is 0.876. The number of nitrogens with two attached hydrogens (primary N) is 1. The maximum atomic E-state index is 6.21. The smallest absolute Gasteiger partial charge is 0.138 e. The van der Waals surface area contributed by atoms with Crippen molar-refractivity contribution in [3.05, 3.63) is 28.8 Å². The Bertz CT molecular complexity index is 394. The van der Waals surface area contributed by atoms with Crippen LogP contribution in [0.3, 0.4) is 0 Å². The van der Waals surface area contributed by atoms with Gasteiger partial charge in [0, 0.05) is 6.04 Å². The van der Waals surface area contributed by atoms with E-state index in [1.54, 1.807) is 0 Å². The second kappa shape index (κ2) is 6.44. The summed E-state index contributed by atoms with van der Waals surface area (Å²) in [6, 6.07) is 6.03. The fourth-order valence-corrected chi connectivity index (χ4v) is 2.77. The van der Waals surface area contributed by atoms with Gasteiger partial charge in [-0.2, -0.15) is 0 Å². The molecule has 0 saturated heterocycles. The fraction of sp³-hybridized carbons (Fsp3) is 0.600. The van der Waals surface area contributed by atoms with Gasteiger partial charge in [0.2, 0.25) is 0 Å². The van der Waals surface area contributed by atoms with Gasteiger partial charge < -0.3 is 10.5 Å². The van der Waals surface area contributed by atoms with E-state index in [1.165, 1.54) is 25.7 Å². The summed E-state index contributed by atoms with van der Waals surface area (Å²) in [6.45, 7) is 2.03. The predicted molar refractivity (Wildman–Crippen MR) is 76.3 cm³/mol. The molecule has 2 unspecified atom stereocenters. The van der Waals surface area contributed by atoms with E-state index in [0.29, 0.717) is 5.02 Å². The van der Waals surface area contributed by atoms with Crippen LogP contribution < -0.4 is 10.5 Å². The zero-order chi connectivity index (χ0) is 13.0. The first-order chi connectivity index (χ1) is 8.66. The van der Waals surface area contributed by atoms with Gasteiger partial charge in [-0.25, -0.2) is 0 Å². The Kier molecular flexibility index (Phi) is 4.90. The van der Waals surface area contributed by atoms with Crippen LogP contribution >= 0.6 is 11.6 Å². The van der Waals surface area contributed by atoms with Crippen LogP contribution in [0, 0.1) is 6.92 Å². The van der Waals surface area contributed by atoms with Gasteiger partial charge in [-0.3, -0.25) is 0 Å². The summed E-state index contributed by atoms with van der Waals surface area (Å²) in [4.78, 5) is 0. The molecule has 1 aliphatic rings. The molecule has 1 fully saturated rings. The Hall–Kier alpha value is -0.730. The minimum absolute atomic E-state index is 0.102. The number of benzene rings is 1. The first-order valence-electron chi connectivity index (χ1n) is 6.85. The molecule has 0 amide bonds.